The number of nitrogens with one attached hydrogen (secondary N) is 1. The summed E-state index contributed by atoms with van der Waals surface area (Å²) in [5.74, 6) is 0.704. The Morgan fingerprint density at radius 2 is 2.36 bits per heavy atom. The summed E-state index contributed by atoms with van der Waals surface area (Å²) in [5, 5.41) is 3.45. The van der Waals surface area contributed by atoms with E-state index >= 15 is 0 Å². The second-order valence-corrected chi connectivity index (χ2v) is 3.79. The van der Waals surface area contributed by atoms with Gasteiger partial charge in [-0.25, -0.2) is 0 Å². The summed E-state index contributed by atoms with van der Waals surface area (Å²) in [4.78, 5) is 4.15. The monoisotopic (exact) mass is 212 g/mol. The van der Waals surface area contributed by atoms with E-state index in [1.807, 2.05) is 19.2 Å². The SMILES string of the molecule is CCC(CCCl)Nc1ccnc(C)c1. The normalized spacial score (nSPS) is 12.5. The van der Waals surface area contributed by atoms with Crippen molar-refractivity contribution >= 4 is 17.3 Å². The molecular weight excluding hydrogens is 196 g/mol. The van der Waals surface area contributed by atoms with E-state index in [0.29, 0.717) is 11.9 Å². The van der Waals surface area contributed by atoms with Crippen LogP contribution in [0.1, 0.15) is 25.5 Å². The van der Waals surface area contributed by atoms with Crippen LogP contribution in [-0.2, 0) is 0 Å². The van der Waals surface area contributed by atoms with Crippen molar-refractivity contribution in [3.05, 3.63) is 24.0 Å². The fourth-order valence-electron chi connectivity index (χ4n) is 1.38. The van der Waals surface area contributed by atoms with Gasteiger partial charge in [-0.1, -0.05) is 6.92 Å². The molecule has 14 heavy (non-hydrogen) atoms. The summed E-state index contributed by atoms with van der Waals surface area (Å²) in [6, 6.07) is 4.51. The molecular formula is C11H17ClN2. The minimum atomic E-state index is 0.467. The predicted molar refractivity (Wildman–Crippen MR) is 62.0 cm³/mol. The van der Waals surface area contributed by atoms with Crippen LogP contribution in [0.3, 0.4) is 0 Å². The van der Waals surface area contributed by atoms with Gasteiger partial charge in [0.05, 0.1) is 0 Å². The zero-order valence-corrected chi connectivity index (χ0v) is 9.51. The van der Waals surface area contributed by atoms with Crippen LogP contribution in [-0.4, -0.2) is 16.9 Å². The first-order valence-electron chi connectivity index (χ1n) is 5.01. The maximum absolute atomic E-state index is 5.72. The second kappa shape index (κ2) is 5.86. The number of nitrogens with zero attached hydrogens (tertiary/aromatic N) is 1. The van der Waals surface area contributed by atoms with E-state index in [1.54, 1.807) is 0 Å². The fraction of sp³-hybridized carbons (Fsp3) is 0.545. The third kappa shape index (κ3) is 3.54. The Morgan fingerprint density at radius 1 is 1.57 bits per heavy atom. The molecule has 0 aromatic carbocycles. The van der Waals surface area contributed by atoms with Crippen LogP contribution in [0.5, 0.6) is 0 Å². The number of hydrogen-bond donors (Lipinski definition) is 1. The van der Waals surface area contributed by atoms with Crippen molar-refractivity contribution in [1.29, 1.82) is 0 Å². The van der Waals surface area contributed by atoms with Crippen molar-refractivity contribution in [3.8, 4) is 0 Å². The van der Waals surface area contributed by atoms with Gasteiger partial charge in [0.1, 0.15) is 0 Å². The molecule has 78 valence electrons. The third-order valence-electron chi connectivity index (χ3n) is 2.22. The molecule has 3 heteroatoms. The van der Waals surface area contributed by atoms with Gasteiger partial charge in [0, 0.05) is 29.5 Å². The Balaban J connectivity index is 2.57. The van der Waals surface area contributed by atoms with Crippen LogP contribution in [0.25, 0.3) is 0 Å². The number of rotatable bonds is 5. The maximum Gasteiger partial charge on any atom is 0.0393 e. The van der Waals surface area contributed by atoms with Crippen LogP contribution in [0.4, 0.5) is 5.69 Å². The highest BCUT2D eigenvalue weighted by Gasteiger charge is 2.04. The van der Waals surface area contributed by atoms with Gasteiger partial charge < -0.3 is 5.32 Å². The lowest BCUT2D eigenvalue weighted by Crippen LogP contribution is -2.18. The van der Waals surface area contributed by atoms with Crippen LogP contribution in [0.15, 0.2) is 18.3 Å². The number of aromatic nitrogens is 1. The lowest BCUT2D eigenvalue weighted by Gasteiger charge is -2.16. The fourth-order valence-corrected chi connectivity index (χ4v) is 1.64. The lowest BCUT2D eigenvalue weighted by atomic mass is 10.1. The Morgan fingerprint density at radius 3 is 2.93 bits per heavy atom. The standard InChI is InChI=1S/C11H17ClN2/c1-3-10(4-6-12)14-11-5-7-13-9(2)8-11/h5,7-8,10H,3-4,6H2,1-2H3,(H,13,14). The molecule has 0 saturated carbocycles. The number of alkyl halides is 1. The van der Waals surface area contributed by atoms with Gasteiger partial charge in [0.25, 0.3) is 0 Å². The van der Waals surface area contributed by atoms with Gasteiger partial charge in [-0.15, -0.1) is 11.6 Å². The molecule has 1 rings (SSSR count). The number of hydrogen-bond acceptors (Lipinski definition) is 2. The second-order valence-electron chi connectivity index (χ2n) is 3.41. The molecule has 0 fully saturated rings. The molecule has 0 amide bonds. The summed E-state index contributed by atoms with van der Waals surface area (Å²) in [6.45, 7) is 4.16. The van der Waals surface area contributed by atoms with Crippen LogP contribution >= 0.6 is 11.6 Å². The number of anilines is 1. The molecule has 1 heterocycles. The van der Waals surface area contributed by atoms with Crippen molar-refractivity contribution in [2.24, 2.45) is 0 Å². The highest BCUT2D eigenvalue weighted by atomic mass is 35.5. The average molecular weight is 213 g/mol. The lowest BCUT2D eigenvalue weighted by molar-refractivity contribution is 0.675. The molecule has 0 bridgehead atoms. The van der Waals surface area contributed by atoms with E-state index in [0.717, 1.165) is 24.2 Å². The minimum absolute atomic E-state index is 0.467. The van der Waals surface area contributed by atoms with Crippen molar-refractivity contribution < 1.29 is 0 Å². The maximum atomic E-state index is 5.72. The van der Waals surface area contributed by atoms with E-state index in [9.17, 15) is 0 Å². The summed E-state index contributed by atoms with van der Waals surface area (Å²) >= 11 is 5.72. The summed E-state index contributed by atoms with van der Waals surface area (Å²) in [5.41, 5.74) is 2.17. The van der Waals surface area contributed by atoms with E-state index in [1.165, 1.54) is 0 Å². The molecule has 1 atom stereocenters. The van der Waals surface area contributed by atoms with E-state index in [2.05, 4.69) is 23.3 Å². The molecule has 0 aliphatic carbocycles. The van der Waals surface area contributed by atoms with Gasteiger partial charge in [0.2, 0.25) is 0 Å². The molecule has 0 radical (unpaired) electrons. The van der Waals surface area contributed by atoms with E-state index in [4.69, 9.17) is 11.6 Å². The van der Waals surface area contributed by atoms with Crippen LogP contribution in [0, 0.1) is 6.92 Å². The van der Waals surface area contributed by atoms with E-state index in [-0.39, 0.29) is 0 Å². The molecule has 2 nitrogen and oxygen atoms in total. The molecule has 0 spiro atoms. The Labute approximate surface area is 90.7 Å². The van der Waals surface area contributed by atoms with Gasteiger partial charge >= 0.3 is 0 Å². The quantitative estimate of drug-likeness (QED) is 0.759. The number of halogens is 1. The van der Waals surface area contributed by atoms with Crippen LogP contribution < -0.4 is 5.32 Å². The molecule has 0 aliphatic heterocycles. The zero-order chi connectivity index (χ0) is 10.4. The van der Waals surface area contributed by atoms with Crippen molar-refractivity contribution in [2.75, 3.05) is 11.2 Å². The molecule has 1 aromatic heterocycles. The van der Waals surface area contributed by atoms with Crippen molar-refractivity contribution in [3.63, 3.8) is 0 Å². The number of aryl methyl sites for hydroxylation is 1. The highest BCUT2D eigenvalue weighted by molar-refractivity contribution is 6.17. The highest BCUT2D eigenvalue weighted by Crippen LogP contribution is 2.12. The molecule has 0 saturated heterocycles. The summed E-state index contributed by atoms with van der Waals surface area (Å²) in [7, 11) is 0. The zero-order valence-electron chi connectivity index (χ0n) is 8.76. The largest absolute Gasteiger partial charge is 0.382 e. The smallest absolute Gasteiger partial charge is 0.0393 e. The number of pyridine rings is 1. The topological polar surface area (TPSA) is 24.9 Å². The minimum Gasteiger partial charge on any atom is -0.382 e. The molecule has 0 aliphatic rings. The average Bonchev–Trinajstić information content (AvgIpc) is 2.17. The Kier molecular flexibility index (Phi) is 4.74. The molecule has 1 unspecified atom stereocenters. The first-order chi connectivity index (χ1) is 6.76. The van der Waals surface area contributed by atoms with Crippen molar-refractivity contribution in [2.45, 2.75) is 32.7 Å². The first-order valence-corrected chi connectivity index (χ1v) is 5.55. The van der Waals surface area contributed by atoms with Crippen molar-refractivity contribution in [1.82, 2.24) is 4.98 Å². The summed E-state index contributed by atoms with van der Waals surface area (Å²) in [6.07, 6.45) is 3.92. The van der Waals surface area contributed by atoms with Gasteiger partial charge in [-0.2, -0.15) is 0 Å². The summed E-state index contributed by atoms with van der Waals surface area (Å²) < 4.78 is 0. The predicted octanol–water partition coefficient (Wildman–Crippen LogP) is 3.21. The third-order valence-corrected chi connectivity index (χ3v) is 2.44. The Bertz CT molecular complexity index is 276. The molecule has 1 aromatic rings. The van der Waals surface area contributed by atoms with Gasteiger partial charge in [0.15, 0.2) is 0 Å². The van der Waals surface area contributed by atoms with Crippen LogP contribution in [0.2, 0.25) is 0 Å². The molecule has 1 N–H and O–H groups in total. The van der Waals surface area contributed by atoms with Gasteiger partial charge in [-0.3, -0.25) is 4.98 Å². The van der Waals surface area contributed by atoms with E-state index < -0.39 is 0 Å². The van der Waals surface area contributed by atoms with Gasteiger partial charge in [-0.05, 0) is 31.9 Å². The Hall–Kier alpha value is -0.760. The first kappa shape index (κ1) is 11.3.